The van der Waals surface area contributed by atoms with E-state index in [4.69, 9.17) is 0 Å². The lowest BCUT2D eigenvalue weighted by atomic mass is 9.93. The van der Waals surface area contributed by atoms with Gasteiger partial charge in [0.15, 0.2) is 0 Å². The summed E-state index contributed by atoms with van der Waals surface area (Å²) in [5, 5.41) is 0. The van der Waals surface area contributed by atoms with Crippen LogP contribution in [0.5, 0.6) is 0 Å². The zero-order valence-electron chi connectivity index (χ0n) is 7.97. The molecule has 0 saturated heterocycles. The van der Waals surface area contributed by atoms with Crippen LogP contribution in [0.3, 0.4) is 0 Å². The molecule has 2 heteroatoms. The summed E-state index contributed by atoms with van der Waals surface area (Å²) in [5.41, 5.74) is 1.34. The quantitative estimate of drug-likeness (QED) is 0.556. The number of aryl methyl sites for hydroxylation is 2. The molecule has 1 aromatic rings. The van der Waals surface area contributed by atoms with E-state index in [-0.39, 0.29) is 5.41 Å². The molecule has 0 fully saturated rings. The third-order valence-corrected chi connectivity index (χ3v) is 1.88. The van der Waals surface area contributed by atoms with E-state index in [9.17, 15) is 0 Å². The number of aromatic nitrogens is 2. The van der Waals surface area contributed by atoms with Crippen LogP contribution in [-0.2, 0) is 12.5 Å². The smallest absolute Gasteiger partial charge is 0.105 e. The summed E-state index contributed by atoms with van der Waals surface area (Å²) in [5.74, 6) is 1.08. The van der Waals surface area contributed by atoms with Crippen LogP contribution >= 0.6 is 0 Å². The van der Waals surface area contributed by atoms with E-state index < -0.39 is 0 Å². The Hall–Kier alpha value is -0.790. The second-order valence-electron chi connectivity index (χ2n) is 4.03. The molecule has 1 aromatic heterocycles. The molecule has 2 nitrogen and oxygen atoms in total. The highest BCUT2D eigenvalue weighted by molar-refractivity contribution is 5.11. The lowest BCUT2D eigenvalue weighted by Gasteiger charge is -2.13. The summed E-state index contributed by atoms with van der Waals surface area (Å²) in [4.78, 5) is 4.44. The van der Waals surface area contributed by atoms with E-state index in [1.807, 2.05) is 14.0 Å². The molecule has 62 valence electrons. The Labute approximate surface area is 68.3 Å². The standard InChI is InChI=1S/C9H16N2/c1-7-10-8(6-11(7)5)9(2,3)4/h6H,1-5H3. The molecule has 0 aromatic carbocycles. The largest absolute Gasteiger partial charge is 0.338 e. The van der Waals surface area contributed by atoms with E-state index in [0.29, 0.717) is 0 Å². The van der Waals surface area contributed by atoms with Crippen LogP contribution in [-0.4, -0.2) is 9.55 Å². The highest BCUT2D eigenvalue weighted by Gasteiger charge is 2.16. The molecule has 0 saturated carbocycles. The van der Waals surface area contributed by atoms with Gasteiger partial charge in [-0.3, -0.25) is 0 Å². The highest BCUT2D eigenvalue weighted by atomic mass is 15.0. The zero-order valence-corrected chi connectivity index (χ0v) is 7.97. The molecule has 0 radical (unpaired) electrons. The number of rotatable bonds is 0. The van der Waals surface area contributed by atoms with E-state index in [2.05, 4.69) is 36.5 Å². The first-order valence-electron chi connectivity index (χ1n) is 3.91. The van der Waals surface area contributed by atoms with Crippen molar-refractivity contribution in [3.63, 3.8) is 0 Å². The number of hydrogen-bond donors (Lipinski definition) is 0. The van der Waals surface area contributed by atoms with E-state index in [1.165, 1.54) is 0 Å². The van der Waals surface area contributed by atoms with Gasteiger partial charge in [0.2, 0.25) is 0 Å². The Kier molecular flexibility index (Phi) is 1.78. The molecule has 1 heterocycles. The van der Waals surface area contributed by atoms with Crippen molar-refractivity contribution in [2.75, 3.05) is 0 Å². The number of imidazole rings is 1. The van der Waals surface area contributed by atoms with Gasteiger partial charge >= 0.3 is 0 Å². The van der Waals surface area contributed by atoms with Crippen molar-refractivity contribution in [2.24, 2.45) is 7.05 Å². The Bertz CT molecular complexity index is 234. The zero-order chi connectivity index (χ0) is 8.65. The molecule has 0 aliphatic carbocycles. The predicted molar refractivity (Wildman–Crippen MR) is 46.6 cm³/mol. The molecule has 0 atom stereocenters. The maximum absolute atomic E-state index is 4.44. The van der Waals surface area contributed by atoms with Gasteiger partial charge in [-0.15, -0.1) is 0 Å². The Morgan fingerprint density at radius 1 is 1.36 bits per heavy atom. The van der Waals surface area contributed by atoms with Crippen molar-refractivity contribution >= 4 is 0 Å². The molecular formula is C9H16N2. The SMILES string of the molecule is Cc1nc(C(C)(C)C)cn1C. The maximum atomic E-state index is 4.44. The molecule has 0 unspecified atom stereocenters. The summed E-state index contributed by atoms with van der Waals surface area (Å²) in [6.45, 7) is 8.55. The fraction of sp³-hybridized carbons (Fsp3) is 0.667. The van der Waals surface area contributed by atoms with Gasteiger partial charge in [-0.1, -0.05) is 20.8 Å². The average Bonchev–Trinajstić information content (AvgIpc) is 2.11. The van der Waals surface area contributed by atoms with Crippen LogP contribution < -0.4 is 0 Å². The normalized spacial score (nSPS) is 12.1. The molecular weight excluding hydrogens is 136 g/mol. The topological polar surface area (TPSA) is 17.8 Å². The predicted octanol–water partition coefficient (Wildman–Crippen LogP) is 2.03. The minimum atomic E-state index is 0.173. The molecule has 0 N–H and O–H groups in total. The summed E-state index contributed by atoms with van der Waals surface area (Å²) < 4.78 is 2.06. The van der Waals surface area contributed by atoms with Crippen LogP contribution in [0.15, 0.2) is 6.20 Å². The third kappa shape index (κ3) is 1.62. The summed E-state index contributed by atoms with van der Waals surface area (Å²) >= 11 is 0. The molecule has 0 aliphatic heterocycles. The minimum Gasteiger partial charge on any atom is -0.338 e. The van der Waals surface area contributed by atoms with Gasteiger partial charge < -0.3 is 4.57 Å². The van der Waals surface area contributed by atoms with Crippen LogP contribution in [0.4, 0.5) is 0 Å². The summed E-state index contributed by atoms with van der Waals surface area (Å²) in [6.07, 6.45) is 2.09. The average molecular weight is 152 g/mol. The number of hydrogen-bond acceptors (Lipinski definition) is 1. The van der Waals surface area contributed by atoms with Crippen LogP contribution in [0.1, 0.15) is 32.3 Å². The van der Waals surface area contributed by atoms with Crippen molar-refractivity contribution < 1.29 is 0 Å². The summed E-state index contributed by atoms with van der Waals surface area (Å²) in [7, 11) is 2.03. The summed E-state index contributed by atoms with van der Waals surface area (Å²) in [6, 6.07) is 0. The first-order chi connectivity index (χ1) is 4.91. The Morgan fingerprint density at radius 3 is 2.09 bits per heavy atom. The van der Waals surface area contributed by atoms with E-state index in [0.717, 1.165) is 11.5 Å². The van der Waals surface area contributed by atoms with E-state index >= 15 is 0 Å². The molecule has 11 heavy (non-hydrogen) atoms. The first-order valence-corrected chi connectivity index (χ1v) is 3.91. The second kappa shape index (κ2) is 2.36. The molecule has 0 aliphatic rings. The van der Waals surface area contributed by atoms with Crippen LogP contribution in [0, 0.1) is 6.92 Å². The highest BCUT2D eigenvalue weighted by Crippen LogP contribution is 2.20. The molecule has 0 amide bonds. The van der Waals surface area contributed by atoms with Crippen molar-refractivity contribution in [3.8, 4) is 0 Å². The fourth-order valence-electron chi connectivity index (χ4n) is 0.920. The number of nitrogens with zero attached hydrogens (tertiary/aromatic N) is 2. The van der Waals surface area contributed by atoms with Crippen molar-refractivity contribution in [1.29, 1.82) is 0 Å². The van der Waals surface area contributed by atoms with Crippen molar-refractivity contribution in [3.05, 3.63) is 17.7 Å². The minimum absolute atomic E-state index is 0.173. The first kappa shape index (κ1) is 8.31. The van der Waals surface area contributed by atoms with Crippen molar-refractivity contribution in [2.45, 2.75) is 33.1 Å². The maximum Gasteiger partial charge on any atom is 0.105 e. The van der Waals surface area contributed by atoms with Gasteiger partial charge in [0.05, 0.1) is 5.69 Å². The molecule has 0 spiro atoms. The van der Waals surface area contributed by atoms with Gasteiger partial charge in [0.25, 0.3) is 0 Å². The lowest BCUT2D eigenvalue weighted by molar-refractivity contribution is 0.571. The monoisotopic (exact) mass is 152 g/mol. The third-order valence-electron chi connectivity index (χ3n) is 1.88. The molecule has 0 bridgehead atoms. The van der Waals surface area contributed by atoms with Crippen LogP contribution in [0.2, 0.25) is 0 Å². The van der Waals surface area contributed by atoms with E-state index in [1.54, 1.807) is 0 Å². The van der Waals surface area contributed by atoms with Gasteiger partial charge in [-0.25, -0.2) is 4.98 Å². The van der Waals surface area contributed by atoms with Crippen molar-refractivity contribution in [1.82, 2.24) is 9.55 Å². The second-order valence-corrected chi connectivity index (χ2v) is 4.03. The lowest BCUT2D eigenvalue weighted by Crippen LogP contribution is -2.11. The Morgan fingerprint density at radius 2 is 1.91 bits per heavy atom. The van der Waals surface area contributed by atoms with Crippen LogP contribution in [0.25, 0.3) is 0 Å². The van der Waals surface area contributed by atoms with Gasteiger partial charge in [0, 0.05) is 18.7 Å². The van der Waals surface area contributed by atoms with Gasteiger partial charge in [-0.2, -0.15) is 0 Å². The fourth-order valence-corrected chi connectivity index (χ4v) is 0.920. The molecule has 1 rings (SSSR count). The Balaban J connectivity index is 3.08. The van der Waals surface area contributed by atoms with Gasteiger partial charge in [0.1, 0.15) is 5.82 Å². The van der Waals surface area contributed by atoms with Gasteiger partial charge in [-0.05, 0) is 6.92 Å².